The maximum Gasteiger partial charge on any atom is 0.325 e. The third-order valence-electron chi connectivity index (χ3n) is 2.61. The molecule has 0 radical (unpaired) electrons. The van der Waals surface area contributed by atoms with Crippen LogP contribution in [0.5, 0.6) is 0 Å². The highest BCUT2D eigenvalue weighted by molar-refractivity contribution is 7.89. The van der Waals surface area contributed by atoms with E-state index in [1.807, 2.05) is 6.92 Å². The first-order valence-electron chi connectivity index (χ1n) is 6.12. The van der Waals surface area contributed by atoms with Gasteiger partial charge in [-0.15, -0.1) is 0 Å². The fourth-order valence-corrected chi connectivity index (χ4v) is 3.24. The van der Waals surface area contributed by atoms with Gasteiger partial charge >= 0.3 is 5.97 Å². The number of nitrogens with zero attached hydrogens (tertiary/aromatic N) is 2. The number of carboxylic acid groups (broad SMARTS) is 1. The molecule has 0 aliphatic carbocycles. The molecule has 0 unspecified atom stereocenters. The fourth-order valence-electron chi connectivity index (χ4n) is 1.82. The minimum absolute atomic E-state index is 0.0234. The van der Waals surface area contributed by atoms with Crippen LogP contribution in [0, 0.1) is 13.8 Å². The fraction of sp³-hybridized carbons (Fsp3) is 0.636. The van der Waals surface area contributed by atoms with Gasteiger partial charge in [0.1, 0.15) is 11.4 Å². The smallest absolute Gasteiger partial charge is 0.325 e. The predicted molar refractivity (Wildman–Crippen MR) is 71.0 cm³/mol. The number of hydrogen-bond donors (Lipinski definition) is 2. The van der Waals surface area contributed by atoms with Crippen LogP contribution in [0.1, 0.15) is 18.3 Å². The number of aliphatic carboxylic acids is 1. The number of nitrogens with one attached hydrogen (secondary N) is 1. The van der Waals surface area contributed by atoms with Crippen molar-refractivity contribution in [1.29, 1.82) is 0 Å². The molecule has 0 saturated carbocycles. The topological polar surface area (TPSA) is 111 Å². The molecule has 1 heterocycles. The largest absolute Gasteiger partial charge is 0.480 e. The number of rotatable bonds is 8. The molecule has 2 N–H and O–H groups in total. The molecule has 9 heteroatoms. The van der Waals surface area contributed by atoms with Crippen LogP contribution in [0.2, 0.25) is 0 Å². The van der Waals surface area contributed by atoms with Crippen LogP contribution in [0.4, 0.5) is 0 Å². The average molecular weight is 305 g/mol. The first kappa shape index (κ1) is 16.6. The lowest BCUT2D eigenvalue weighted by atomic mass is 10.4. The van der Waals surface area contributed by atoms with E-state index in [0.717, 1.165) is 4.68 Å². The van der Waals surface area contributed by atoms with E-state index in [4.69, 9.17) is 9.84 Å². The Morgan fingerprint density at radius 2 is 2.10 bits per heavy atom. The zero-order valence-corrected chi connectivity index (χ0v) is 12.5. The maximum absolute atomic E-state index is 12.2. The zero-order chi connectivity index (χ0) is 15.3. The minimum Gasteiger partial charge on any atom is -0.480 e. The van der Waals surface area contributed by atoms with Crippen molar-refractivity contribution in [2.24, 2.45) is 0 Å². The van der Waals surface area contributed by atoms with E-state index < -0.39 is 16.0 Å². The van der Waals surface area contributed by atoms with E-state index >= 15 is 0 Å². The summed E-state index contributed by atoms with van der Waals surface area (Å²) in [6.07, 6.45) is 0. The van der Waals surface area contributed by atoms with Crippen molar-refractivity contribution >= 4 is 16.0 Å². The summed E-state index contributed by atoms with van der Waals surface area (Å²) in [6, 6.07) is 0. The highest BCUT2D eigenvalue weighted by atomic mass is 32.2. The van der Waals surface area contributed by atoms with Gasteiger partial charge in [0.2, 0.25) is 10.0 Å². The van der Waals surface area contributed by atoms with Crippen LogP contribution in [0.25, 0.3) is 0 Å². The predicted octanol–water partition coefficient (Wildman–Crippen LogP) is -0.101. The van der Waals surface area contributed by atoms with Gasteiger partial charge in [0.15, 0.2) is 0 Å². The Balaban J connectivity index is 2.94. The molecule has 0 aliphatic heterocycles. The molecule has 1 rings (SSSR count). The summed E-state index contributed by atoms with van der Waals surface area (Å²) < 4.78 is 33.0. The number of sulfonamides is 1. The Bertz CT molecular complexity index is 579. The van der Waals surface area contributed by atoms with Crippen molar-refractivity contribution in [3.63, 3.8) is 0 Å². The van der Waals surface area contributed by atoms with Gasteiger partial charge in [-0.2, -0.15) is 5.10 Å². The molecule has 8 nitrogen and oxygen atoms in total. The molecule has 0 bridgehead atoms. The van der Waals surface area contributed by atoms with Crippen LogP contribution >= 0.6 is 0 Å². The number of aryl methyl sites for hydroxylation is 1. The Hall–Kier alpha value is -1.45. The number of hydrogen-bond acceptors (Lipinski definition) is 5. The van der Waals surface area contributed by atoms with Crippen molar-refractivity contribution < 1.29 is 23.1 Å². The van der Waals surface area contributed by atoms with E-state index in [1.165, 1.54) is 13.8 Å². The Labute approximate surface area is 117 Å². The van der Waals surface area contributed by atoms with Gasteiger partial charge in [-0.05, 0) is 20.8 Å². The van der Waals surface area contributed by atoms with Gasteiger partial charge in [0, 0.05) is 13.2 Å². The molecule has 0 amide bonds. The van der Waals surface area contributed by atoms with E-state index in [9.17, 15) is 13.2 Å². The molecule has 0 aliphatic rings. The van der Waals surface area contributed by atoms with Gasteiger partial charge in [-0.25, -0.2) is 13.1 Å². The van der Waals surface area contributed by atoms with E-state index in [0.29, 0.717) is 12.3 Å². The van der Waals surface area contributed by atoms with Crippen molar-refractivity contribution in [2.75, 3.05) is 19.8 Å². The maximum atomic E-state index is 12.2. The molecular weight excluding hydrogens is 286 g/mol. The molecule has 0 saturated heterocycles. The second kappa shape index (κ2) is 6.82. The number of aromatic nitrogens is 2. The molecule has 1 aromatic rings. The summed E-state index contributed by atoms with van der Waals surface area (Å²) in [5.74, 6) is -1.08. The number of ether oxygens (including phenoxy) is 1. The van der Waals surface area contributed by atoms with Crippen LogP contribution in [-0.2, 0) is 26.1 Å². The SMILES string of the molecule is CCOCCNS(=O)(=O)c1c(C)nn(CC(=O)O)c1C. The summed E-state index contributed by atoms with van der Waals surface area (Å²) in [5, 5.41) is 12.7. The summed E-state index contributed by atoms with van der Waals surface area (Å²) in [4.78, 5) is 10.7. The third-order valence-corrected chi connectivity index (χ3v) is 4.32. The molecular formula is C11H19N3O5S. The lowest BCUT2D eigenvalue weighted by Crippen LogP contribution is -2.28. The first-order chi connectivity index (χ1) is 9.29. The van der Waals surface area contributed by atoms with E-state index in [1.54, 1.807) is 0 Å². The average Bonchev–Trinajstić information content (AvgIpc) is 2.60. The second-order valence-electron chi connectivity index (χ2n) is 4.15. The molecule has 0 spiro atoms. The lowest BCUT2D eigenvalue weighted by Gasteiger charge is -2.07. The standard InChI is InChI=1S/C11H19N3O5S/c1-4-19-6-5-12-20(17,18)11-8(2)13-14(9(11)3)7-10(15)16/h12H,4-7H2,1-3H3,(H,15,16). The highest BCUT2D eigenvalue weighted by Crippen LogP contribution is 2.18. The molecule has 0 atom stereocenters. The monoisotopic (exact) mass is 305 g/mol. The third kappa shape index (κ3) is 4.02. The molecule has 0 fully saturated rings. The van der Waals surface area contributed by atoms with Gasteiger partial charge in [0.25, 0.3) is 0 Å². The number of carbonyl (C=O) groups is 1. The van der Waals surface area contributed by atoms with Gasteiger partial charge in [0.05, 0.1) is 18.0 Å². The summed E-state index contributed by atoms with van der Waals surface area (Å²) in [7, 11) is -3.72. The quantitative estimate of drug-likeness (QED) is 0.649. The van der Waals surface area contributed by atoms with Crippen molar-refractivity contribution in [1.82, 2.24) is 14.5 Å². The minimum atomic E-state index is -3.72. The summed E-state index contributed by atoms with van der Waals surface area (Å²) in [6.45, 7) is 5.44. The Morgan fingerprint density at radius 1 is 1.45 bits per heavy atom. The Kier molecular flexibility index (Phi) is 5.66. The van der Waals surface area contributed by atoms with Crippen molar-refractivity contribution in [3.05, 3.63) is 11.4 Å². The molecule has 114 valence electrons. The van der Waals surface area contributed by atoms with E-state index in [-0.39, 0.29) is 30.3 Å². The van der Waals surface area contributed by atoms with Gasteiger partial charge in [-0.1, -0.05) is 0 Å². The van der Waals surface area contributed by atoms with Crippen LogP contribution in [0.15, 0.2) is 4.90 Å². The molecule has 1 aromatic heterocycles. The first-order valence-corrected chi connectivity index (χ1v) is 7.61. The lowest BCUT2D eigenvalue weighted by molar-refractivity contribution is -0.137. The summed E-state index contributed by atoms with van der Waals surface area (Å²) in [5.41, 5.74) is 0.571. The molecule has 0 aromatic carbocycles. The van der Waals surface area contributed by atoms with Gasteiger partial charge < -0.3 is 9.84 Å². The van der Waals surface area contributed by atoms with Crippen LogP contribution in [-0.4, -0.2) is 49.0 Å². The van der Waals surface area contributed by atoms with Crippen LogP contribution in [0.3, 0.4) is 0 Å². The number of carboxylic acids is 1. The second-order valence-corrected chi connectivity index (χ2v) is 5.85. The van der Waals surface area contributed by atoms with Crippen molar-refractivity contribution in [3.8, 4) is 0 Å². The van der Waals surface area contributed by atoms with Crippen LogP contribution < -0.4 is 4.72 Å². The Morgan fingerprint density at radius 3 is 2.65 bits per heavy atom. The zero-order valence-electron chi connectivity index (χ0n) is 11.7. The molecule has 20 heavy (non-hydrogen) atoms. The normalized spacial score (nSPS) is 11.8. The summed E-state index contributed by atoms with van der Waals surface area (Å²) >= 11 is 0. The van der Waals surface area contributed by atoms with Crippen molar-refractivity contribution in [2.45, 2.75) is 32.2 Å². The van der Waals surface area contributed by atoms with Gasteiger partial charge in [-0.3, -0.25) is 9.48 Å². The van der Waals surface area contributed by atoms with E-state index in [2.05, 4.69) is 9.82 Å². The highest BCUT2D eigenvalue weighted by Gasteiger charge is 2.24.